The van der Waals surface area contributed by atoms with Crippen molar-refractivity contribution in [2.75, 3.05) is 51.9 Å². The second-order valence-electron chi connectivity index (χ2n) is 6.48. The van der Waals surface area contributed by atoms with Crippen LogP contribution in [0.4, 0.5) is 5.69 Å². The zero-order valence-corrected chi connectivity index (χ0v) is 16.1. The maximum Gasteiger partial charge on any atom is 0.195 e. The molecule has 0 atom stereocenters. The van der Waals surface area contributed by atoms with Crippen LogP contribution in [-0.4, -0.2) is 52.6 Å². The third kappa shape index (κ3) is 9.06. The number of guanidine groups is 1. The average Bonchev–Trinajstić information content (AvgIpc) is 3.46. The lowest BCUT2D eigenvalue weighted by molar-refractivity contribution is 0.123. The van der Waals surface area contributed by atoms with E-state index in [1.54, 1.807) is 7.11 Å². The van der Waals surface area contributed by atoms with E-state index in [1.165, 1.54) is 12.8 Å². The van der Waals surface area contributed by atoms with Crippen LogP contribution in [0.3, 0.4) is 0 Å². The molecule has 0 aromatic heterocycles. The number of hydrogen-bond acceptors (Lipinski definition) is 4. The molecule has 1 aliphatic rings. The van der Waals surface area contributed by atoms with Crippen molar-refractivity contribution in [1.82, 2.24) is 5.32 Å². The van der Waals surface area contributed by atoms with Crippen LogP contribution >= 0.6 is 0 Å². The fourth-order valence-corrected chi connectivity index (χ4v) is 2.39. The maximum absolute atomic E-state index is 5.74. The summed E-state index contributed by atoms with van der Waals surface area (Å²) in [6, 6.07) is 7.93. The Bertz CT molecular complexity index is 533. The van der Waals surface area contributed by atoms with Crippen molar-refractivity contribution in [2.24, 2.45) is 10.9 Å². The minimum atomic E-state index is 0.645. The van der Waals surface area contributed by atoms with Gasteiger partial charge in [-0.15, -0.1) is 0 Å². The van der Waals surface area contributed by atoms with Gasteiger partial charge in [-0.3, -0.25) is 4.99 Å². The topological polar surface area (TPSA) is 64.1 Å². The third-order valence-corrected chi connectivity index (χ3v) is 3.97. The summed E-state index contributed by atoms with van der Waals surface area (Å²) in [5.41, 5.74) is 0.957. The van der Waals surface area contributed by atoms with E-state index in [4.69, 9.17) is 14.2 Å². The molecule has 2 rings (SSSR count). The van der Waals surface area contributed by atoms with Crippen LogP contribution in [0.1, 0.15) is 32.6 Å². The van der Waals surface area contributed by atoms with Crippen molar-refractivity contribution in [3.8, 4) is 5.75 Å². The average molecular weight is 364 g/mol. The standard InChI is InChI=1S/C20H33N3O3/c1-3-21-20(22-11-5-13-25-16-17-9-10-17)23-18-7-4-8-19(15-18)26-14-6-12-24-2/h4,7-8,15,17H,3,5-6,9-14,16H2,1-2H3,(H2,21,22,23). The van der Waals surface area contributed by atoms with Crippen LogP contribution in [0.25, 0.3) is 0 Å². The van der Waals surface area contributed by atoms with Crippen molar-refractivity contribution >= 4 is 11.6 Å². The molecule has 0 bridgehead atoms. The zero-order chi connectivity index (χ0) is 18.5. The summed E-state index contributed by atoms with van der Waals surface area (Å²) in [6.45, 7) is 6.67. The molecular formula is C20H33N3O3. The SMILES string of the molecule is CCNC(=NCCCOCC1CC1)Nc1cccc(OCCCOC)c1. The molecule has 1 saturated carbocycles. The Balaban J connectivity index is 1.74. The highest BCUT2D eigenvalue weighted by Crippen LogP contribution is 2.28. The Morgan fingerprint density at radius 1 is 1.19 bits per heavy atom. The molecule has 0 unspecified atom stereocenters. The Labute approximate surface area is 157 Å². The van der Waals surface area contributed by atoms with Gasteiger partial charge in [0.1, 0.15) is 5.75 Å². The number of ether oxygens (including phenoxy) is 3. The molecule has 6 heteroatoms. The summed E-state index contributed by atoms with van der Waals surface area (Å²) in [7, 11) is 1.70. The van der Waals surface area contributed by atoms with E-state index in [2.05, 4.69) is 22.5 Å². The lowest BCUT2D eigenvalue weighted by atomic mass is 10.3. The fourth-order valence-electron chi connectivity index (χ4n) is 2.39. The first-order chi connectivity index (χ1) is 12.8. The first-order valence-electron chi connectivity index (χ1n) is 9.66. The number of nitrogens with one attached hydrogen (secondary N) is 2. The maximum atomic E-state index is 5.74. The van der Waals surface area contributed by atoms with Crippen molar-refractivity contribution in [2.45, 2.75) is 32.6 Å². The number of rotatable bonds is 13. The van der Waals surface area contributed by atoms with Gasteiger partial charge in [0.05, 0.1) is 6.61 Å². The molecule has 0 radical (unpaired) electrons. The van der Waals surface area contributed by atoms with Gasteiger partial charge in [0.25, 0.3) is 0 Å². The van der Waals surface area contributed by atoms with Gasteiger partial charge in [-0.05, 0) is 44.2 Å². The summed E-state index contributed by atoms with van der Waals surface area (Å²) >= 11 is 0. The molecular weight excluding hydrogens is 330 g/mol. The van der Waals surface area contributed by atoms with E-state index in [9.17, 15) is 0 Å². The predicted molar refractivity (Wildman–Crippen MR) is 106 cm³/mol. The number of anilines is 1. The van der Waals surface area contributed by atoms with Gasteiger partial charge in [0, 0.05) is 58.2 Å². The minimum Gasteiger partial charge on any atom is -0.493 e. The lowest BCUT2D eigenvalue weighted by Crippen LogP contribution is -2.30. The molecule has 1 aliphatic carbocycles. The van der Waals surface area contributed by atoms with Crippen LogP contribution in [0.15, 0.2) is 29.3 Å². The second kappa shape index (κ2) is 12.5. The molecule has 26 heavy (non-hydrogen) atoms. The highest BCUT2D eigenvalue weighted by atomic mass is 16.5. The highest BCUT2D eigenvalue weighted by Gasteiger charge is 2.20. The summed E-state index contributed by atoms with van der Waals surface area (Å²) in [6.07, 6.45) is 4.48. The van der Waals surface area contributed by atoms with E-state index in [1.807, 2.05) is 24.3 Å². The third-order valence-electron chi connectivity index (χ3n) is 3.97. The second-order valence-corrected chi connectivity index (χ2v) is 6.48. The van der Waals surface area contributed by atoms with Gasteiger partial charge < -0.3 is 24.8 Å². The quantitative estimate of drug-likeness (QED) is 0.320. The monoisotopic (exact) mass is 363 g/mol. The number of benzene rings is 1. The van der Waals surface area contributed by atoms with Crippen LogP contribution in [0.2, 0.25) is 0 Å². The van der Waals surface area contributed by atoms with Gasteiger partial charge >= 0.3 is 0 Å². The van der Waals surface area contributed by atoms with Crippen LogP contribution in [0, 0.1) is 5.92 Å². The Hall–Kier alpha value is -1.79. The molecule has 0 spiro atoms. The minimum absolute atomic E-state index is 0.645. The predicted octanol–water partition coefficient (Wildman–Crippen LogP) is 3.30. The van der Waals surface area contributed by atoms with E-state index in [0.29, 0.717) is 13.2 Å². The van der Waals surface area contributed by atoms with Gasteiger partial charge in [0.2, 0.25) is 0 Å². The number of nitrogens with zero attached hydrogens (tertiary/aromatic N) is 1. The van der Waals surface area contributed by atoms with E-state index >= 15 is 0 Å². The summed E-state index contributed by atoms with van der Waals surface area (Å²) < 4.78 is 16.4. The number of aliphatic imine (C=N–C) groups is 1. The van der Waals surface area contributed by atoms with E-state index in [-0.39, 0.29) is 0 Å². The zero-order valence-electron chi connectivity index (χ0n) is 16.1. The summed E-state index contributed by atoms with van der Waals surface area (Å²) in [5, 5.41) is 6.60. The first kappa shape index (κ1) is 20.5. The van der Waals surface area contributed by atoms with Crippen LogP contribution < -0.4 is 15.4 Å². The Kier molecular flexibility index (Phi) is 9.90. The highest BCUT2D eigenvalue weighted by molar-refractivity contribution is 5.93. The van der Waals surface area contributed by atoms with Crippen molar-refractivity contribution in [3.05, 3.63) is 24.3 Å². The Morgan fingerprint density at radius 2 is 2.08 bits per heavy atom. The molecule has 0 aliphatic heterocycles. The molecule has 0 amide bonds. The molecule has 2 N–H and O–H groups in total. The lowest BCUT2D eigenvalue weighted by Gasteiger charge is -2.13. The summed E-state index contributed by atoms with van der Waals surface area (Å²) in [5.74, 6) is 2.45. The first-order valence-corrected chi connectivity index (χ1v) is 9.66. The smallest absolute Gasteiger partial charge is 0.195 e. The van der Waals surface area contributed by atoms with E-state index < -0.39 is 0 Å². The molecule has 0 saturated heterocycles. The molecule has 1 aromatic carbocycles. The number of hydrogen-bond donors (Lipinski definition) is 2. The molecule has 146 valence electrons. The van der Waals surface area contributed by atoms with Gasteiger partial charge in [-0.2, -0.15) is 0 Å². The molecule has 0 heterocycles. The molecule has 6 nitrogen and oxygen atoms in total. The van der Waals surface area contributed by atoms with Crippen molar-refractivity contribution < 1.29 is 14.2 Å². The van der Waals surface area contributed by atoms with Crippen molar-refractivity contribution in [3.63, 3.8) is 0 Å². The Morgan fingerprint density at radius 3 is 2.85 bits per heavy atom. The normalized spacial score (nSPS) is 14.3. The number of methoxy groups -OCH3 is 1. The largest absolute Gasteiger partial charge is 0.493 e. The summed E-state index contributed by atoms with van der Waals surface area (Å²) in [4.78, 5) is 4.61. The van der Waals surface area contributed by atoms with Crippen LogP contribution in [0.5, 0.6) is 5.75 Å². The van der Waals surface area contributed by atoms with Crippen LogP contribution in [-0.2, 0) is 9.47 Å². The van der Waals surface area contributed by atoms with Gasteiger partial charge in [0.15, 0.2) is 5.96 Å². The molecule has 1 aromatic rings. The van der Waals surface area contributed by atoms with Crippen molar-refractivity contribution in [1.29, 1.82) is 0 Å². The van der Waals surface area contributed by atoms with E-state index in [0.717, 1.165) is 62.5 Å². The van der Waals surface area contributed by atoms with Gasteiger partial charge in [-0.1, -0.05) is 6.07 Å². The van der Waals surface area contributed by atoms with Gasteiger partial charge in [-0.25, -0.2) is 0 Å². The fraction of sp³-hybridized carbons (Fsp3) is 0.650. The molecule has 1 fully saturated rings.